The largest absolute Gasteiger partial charge is 0.481 e. The molecule has 0 saturated carbocycles. The molecule has 1 saturated heterocycles. The number of hydrogen-bond donors (Lipinski definition) is 1. The lowest BCUT2D eigenvalue weighted by Gasteiger charge is -2.28. The lowest BCUT2D eigenvalue weighted by molar-refractivity contribution is -0.139. The molecule has 1 unspecified atom stereocenters. The summed E-state index contributed by atoms with van der Waals surface area (Å²) in [4.78, 5) is 13.5. The summed E-state index contributed by atoms with van der Waals surface area (Å²) in [5.74, 6) is -0.869. The van der Waals surface area contributed by atoms with Crippen molar-refractivity contribution >= 4 is 21.9 Å². The Labute approximate surface area is 109 Å². The number of piperidine rings is 1. The van der Waals surface area contributed by atoms with E-state index in [9.17, 15) is 9.90 Å². The van der Waals surface area contributed by atoms with Gasteiger partial charge in [-0.05, 0) is 54.0 Å². The van der Waals surface area contributed by atoms with E-state index < -0.39 is 11.9 Å². The van der Waals surface area contributed by atoms with Crippen molar-refractivity contribution in [1.82, 2.24) is 4.90 Å². The Morgan fingerprint density at radius 3 is 2.65 bits per heavy atom. The van der Waals surface area contributed by atoms with Crippen LogP contribution in [-0.2, 0) is 4.79 Å². The van der Waals surface area contributed by atoms with Crippen LogP contribution in [-0.4, -0.2) is 35.6 Å². The molecule has 1 fully saturated rings. The molecule has 1 atom stereocenters. The molecule has 1 aliphatic heterocycles. The number of carbonyl (C=O) groups is 1. The first-order valence-electron chi connectivity index (χ1n) is 5.87. The summed E-state index contributed by atoms with van der Waals surface area (Å²) in [7, 11) is 0. The average Bonchev–Trinajstić information content (AvgIpc) is 2.73. The van der Waals surface area contributed by atoms with Gasteiger partial charge < -0.3 is 14.4 Å². The highest BCUT2D eigenvalue weighted by Gasteiger charge is 2.26. The zero-order valence-electron chi connectivity index (χ0n) is 9.56. The number of likely N-dealkylation sites (tertiary alicyclic amines) is 1. The molecule has 0 spiro atoms. The van der Waals surface area contributed by atoms with Gasteiger partial charge in [-0.3, -0.25) is 4.79 Å². The van der Waals surface area contributed by atoms with Crippen LogP contribution in [0.25, 0.3) is 0 Å². The number of halogens is 1. The van der Waals surface area contributed by atoms with Crippen molar-refractivity contribution in [1.29, 1.82) is 0 Å². The SMILES string of the molecule is O=C(O)C(CN1CCCCC1)c1ccc(Br)o1. The molecule has 0 bridgehead atoms. The molecule has 1 N–H and O–H groups in total. The van der Waals surface area contributed by atoms with Gasteiger partial charge in [-0.2, -0.15) is 0 Å². The summed E-state index contributed by atoms with van der Waals surface area (Å²) in [6, 6.07) is 3.47. The fourth-order valence-electron chi connectivity index (χ4n) is 2.21. The molecular formula is C12H16BrNO3. The molecule has 2 rings (SSSR count). The first kappa shape index (κ1) is 12.6. The van der Waals surface area contributed by atoms with Gasteiger partial charge in [-0.25, -0.2) is 0 Å². The van der Waals surface area contributed by atoms with Crippen LogP contribution in [0.3, 0.4) is 0 Å². The van der Waals surface area contributed by atoms with Crippen LogP contribution in [0.1, 0.15) is 30.9 Å². The standard InChI is InChI=1S/C12H16BrNO3/c13-11-5-4-10(17-11)9(12(15)16)8-14-6-2-1-3-7-14/h4-5,9H,1-3,6-8H2,(H,15,16). The highest BCUT2D eigenvalue weighted by atomic mass is 79.9. The lowest BCUT2D eigenvalue weighted by atomic mass is 10.0. The van der Waals surface area contributed by atoms with Crippen LogP contribution in [0.2, 0.25) is 0 Å². The number of aliphatic carboxylic acids is 1. The second kappa shape index (κ2) is 5.69. The quantitative estimate of drug-likeness (QED) is 0.929. The van der Waals surface area contributed by atoms with E-state index in [1.807, 2.05) is 0 Å². The third-order valence-electron chi connectivity index (χ3n) is 3.12. The highest BCUT2D eigenvalue weighted by Crippen LogP contribution is 2.24. The van der Waals surface area contributed by atoms with Gasteiger partial charge in [-0.15, -0.1) is 0 Å². The Morgan fingerprint density at radius 1 is 1.41 bits per heavy atom. The van der Waals surface area contributed by atoms with Crippen molar-refractivity contribution in [2.45, 2.75) is 25.2 Å². The molecule has 0 aromatic carbocycles. The average molecular weight is 302 g/mol. The number of nitrogens with zero attached hydrogens (tertiary/aromatic N) is 1. The third kappa shape index (κ3) is 3.33. The van der Waals surface area contributed by atoms with Gasteiger partial charge in [0.25, 0.3) is 0 Å². The second-order valence-corrected chi connectivity index (χ2v) is 5.18. The Kier molecular flexibility index (Phi) is 4.23. The van der Waals surface area contributed by atoms with Crippen molar-refractivity contribution in [2.75, 3.05) is 19.6 Å². The second-order valence-electron chi connectivity index (χ2n) is 4.39. The highest BCUT2D eigenvalue weighted by molar-refractivity contribution is 9.10. The van der Waals surface area contributed by atoms with Crippen LogP contribution in [0.4, 0.5) is 0 Å². The van der Waals surface area contributed by atoms with Gasteiger partial charge in [0.2, 0.25) is 0 Å². The van der Waals surface area contributed by atoms with E-state index in [4.69, 9.17) is 4.42 Å². The Hall–Kier alpha value is -0.810. The van der Waals surface area contributed by atoms with E-state index in [-0.39, 0.29) is 0 Å². The van der Waals surface area contributed by atoms with Crippen LogP contribution in [0, 0.1) is 0 Å². The van der Waals surface area contributed by atoms with E-state index in [1.54, 1.807) is 12.1 Å². The fraction of sp³-hybridized carbons (Fsp3) is 0.583. The molecule has 1 aromatic rings. The smallest absolute Gasteiger partial charge is 0.315 e. The number of furan rings is 1. The minimum absolute atomic E-state index is 0.523. The van der Waals surface area contributed by atoms with E-state index in [0.29, 0.717) is 17.0 Å². The molecule has 0 radical (unpaired) electrons. The van der Waals surface area contributed by atoms with Crippen LogP contribution in [0.5, 0.6) is 0 Å². The Morgan fingerprint density at radius 2 is 2.12 bits per heavy atom. The zero-order chi connectivity index (χ0) is 12.3. The predicted molar refractivity (Wildman–Crippen MR) is 67.1 cm³/mol. The molecule has 2 heterocycles. The van der Waals surface area contributed by atoms with Crippen LogP contribution >= 0.6 is 15.9 Å². The predicted octanol–water partition coefficient (Wildman–Crippen LogP) is 2.70. The van der Waals surface area contributed by atoms with E-state index in [1.165, 1.54) is 6.42 Å². The van der Waals surface area contributed by atoms with Gasteiger partial charge in [0.15, 0.2) is 4.67 Å². The first-order chi connectivity index (χ1) is 8.16. The number of rotatable bonds is 4. The molecule has 94 valence electrons. The Balaban J connectivity index is 2.04. The van der Waals surface area contributed by atoms with Crippen molar-refractivity contribution in [3.05, 3.63) is 22.6 Å². The molecule has 0 amide bonds. The minimum Gasteiger partial charge on any atom is -0.481 e. The van der Waals surface area contributed by atoms with Gasteiger partial charge in [-0.1, -0.05) is 6.42 Å². The Bertz CT molecular complexity index is 385. The molecular weight excluding hydrogens is 286 g/mol. The first-order valence-corrected chi connectivity index (χ1v) is 6.66. The number of hydrogen-bond acceptors (Lipinski definition) is 3. The fourth-order valence-corrected chi connectivity index (χ4v) is 2.52. The maximum atomic E-state index is 11.3. The third-order valence-corrected chi connectivity index (χ3v) is 3.55. The topological polar surface area (TPSA) is 53.7 Å². The van der Waals surface area contributed by atoms with Gasteiger partial charge in [0.05, 0.1) is 0 Å². The maximum Gasteiger partial charge on any atom is 0.315 e. The molecule has 0 aliphatic carbocycles. The van der Waals surface area contributed by atoms with Crippen LogP contribution < -0.4 is 0 Å². The zero-order valence-corrected chi connectivity index (χ0v) is 11.1. The normalized spacial score (nSPS) is 19.1. The van der Waals surface area contributed by atoms with E-state index >= 15 is 0 Å². The summed E-state index contributed by atoms with van der Waals surface area (Å²) >= 11 is 3.20. The van der Waals surface area contributed by atoms with E-state index in [0.717, 1.165) is 25.9 Å². The molecule has 1 aromatic heterocycles. The van der Waals surface area contributed by atoms with Gasteiger partial charge in [0.1, 0.15) is 11.7 Å². The summed E-state index contributed by atoms with van der Waals surface area (Å²) in [6.45, 7) is 2.52. The summed E-state index contributed by atoms with van der Waals surface area (Å²) in [6.07, 6.45) is 3.57. The van der Waals surface area contributed by atoms with Crippen LogP contribution in [0.15, 0.2) is 21.2 Å². The van der Waals surface area contributed by atoms with Crippen molar-refractivity contribution in [2.24, 2.45) is 0 Å². The molecule has 17 heavy (non-hydrogen) atoms. The monoisotopic (exact) mass is 301 g/mol. The van der Waals surface area contributed by atoms with Gasteiger partial charge in [0, 0.05) is 6.54 Å². The minimum atomic E-state index is -0.822. The van der Waals surface area contributed by atoms with Crippen molar-refractivity contribution in [3.8, 4) is 0 Å². The van der Waals surface area contributed by atoms with Crippen molar-refractivity contribution < 1.29 is 14.3 Å². The lowest BCUT2D eigenvalue weighted by Crippen LogP contribution is -2.35. The van der Waals surface area contributed by atoms with Gasteiger partial charge >= 0.3 is 5.97 Å². The molecule has 5 heteroatoms. The molecule has 1 aliphatic rings. The number of carboxylic acids is 1. The summed E-state index contributed by atoms with van der Waals surface area (Å²) < 4.78 is 5.94. The number of carboxylic acid groups (broad SMARTS) is 1. The summed E-state index contributed by atoms with van der Waals surface area (Å²) in [5, 5.41) is 9.26. The van der Waals surface area contributed by atoms with E-state index in [2.05, 4.69) is 20.8 Å². The maximum absolute atomic E-state index is 11.3. The summed E-state index contributed by atoms with van der Waals surface area (Å²) in [5.41, 5.74) is 0. The van der Waals surface area contributed by atoms with Crippen molar-refractivity contribution in [3.63, 3.8) is 0 Å². The molecule has 4 nitrogen and oxygen atoms in total.